The van der Waals surface area contributed by atoms with Gasteiger partial charge in [0.15, 0.2) is 0 Å². The molecule has 1 aromatic heterocycles. The lowest BCUT2D eigenvalue weighted by atomic mass is 10.1. The fraction of sp³-hybridized carbons (Fsp3) is 0.167. The summed E-state index contributed by atoms with van der Waals surface area (Å²) in [6.07, 6.45) is 0.568. The van der Waals surface area contributed by atoms with Gasteiger partial charge >= 0.3 is 0 Å². The molecule has 1 N–H and O–H groups in total. The Balaban J connectivity index is 2.38. The van der Waals surface area contributed by atoms with Gasteiger partial charge in [-0.1, -0.05) is 41.9 Å². The Bertz CT molecular complexity index is 517. The Morgan fingerprint density at radius 3 is 2.41 bits per heavy atom. The maximum Gasteiger partial charge on any atom is 0.224 e. The third-order valence-electron chi connectivity index (χ3n) is 2.39. The van der Waals surface area contributed by atoms with E-state index in [1.807, 2.05) is 30.3 Å². The first kappa shape index (κ1) is 12.3. The molecule has 0 aliphatic heterocycles. The highest BCUT2D eigenvalue weighted by Crippen LogP contribution is 2.21. The molecule has 5 heteroatoms. The molecule has 0 spiro atoms. The highest BCUT2D eigenvalue weighted by atomic mass is 35.5. The fourth-order valence-electron chi connectivity index (χ4n) is 1.56. The van der Waals surface area contributed by atoms with E-state index in [2.05, 4.69) is 9.97 Å². The Kier molecular flexibility index (Phi) is 3.94. The van der Waals surface area contributed by atoms with Gasteiger partial charge in [0.1, 0.15) is 5.15 Å². The van der Waals surface area contributed by atoms with E-state index in [9.17, 15) is 5.11 Å². The zero-order valence-corrected chi connectivity index (χ0v) is 10.4. The molecule has 0 saturated heterocycles. The summed E-state index contributed by atoms with van der Waals surface area (Å²) in [6, 6.07) is 9.78. The Labute approximate surface area is 109 Å². The molecular weight excluding hydrogens is 259 g/mol. The van der Waals surface area contributed by atoms with Crippen molar-refractivity contribution in [3.05, 3.63) is 57.6 Å². The minimum absolute atomic E-state index is 0.0955. The quantitative estimate of drug-likeness (QED) is 0.688. The van der Waals surface area contributed by atoms with E-state index in [0.717, 1.165) is 5.56 Å². The van der Waals surface area contributed by atoms with Crippen LogP contribution in [0.4, 0.5) is 0 Å². The summed E-state index contributed by atoms with van der Waals surface area (Å²) in [5, 5.41) is 9.56. The van der Waals surface area contributed by atoms with E-state index in [4.69, 9.17) is 23.2 Å². The number of hydrogen-bond acceptors (Lipinski definition) is 3. The SMILES string of the molecule is OCc1c(Cl)nc(Cl)nc1Cc1ccccc1. The molecular formula is C12H10Cl2N2O. The minimum Gasteiger partial charge on any atom is -0.391 e. The van der Waals surface area contributed by atoms with Crippen LogP contribution in [-0.4, -0.2) is 15.1 Å². The van der Waals surface area contributed by atoms with Gasteiger partial charge in [0.05, 0.1) is 12.3 Å². The van der Waals surface area contributed by atoms with Gasteiger partial charge in [-0.25, -0.2) is 9.97 Å². The zero-order valence-electron chi connectivity index (χ0n) is 8.90. The number of rotatable bonds is 3. The fourth-order valence-corrected chi connectivity index (χ4v) is 2.04. The van der Waals surface area contributed by atoms with Gasteiger partial charge in [-0.15, -0.1) is 0 Å². The van der Waals surface area contributed by atoms with E-state index in [-0.39, 0.29) is 17.0 Å². The van der Waals surface area contributed by atoms with Gasteiger partial charge in [-0.05, 0) is 17.2 Å². The van der Waals surface area contributed by atoms with E-state index >= 15 is 0 Å². The maximum atomic E-state index is 9.26. The molecule has 0 fully saturated rings. The number of benzene rings is 1. The summed E-state index contributed by atoms with van der Waals surface area (Å²) in [5.74, 6) is 0. The van der Waals surface area contributed by atoms with Crippen molar-refractivity contribution in [3.63, 3.8) is 0 Å². The van der Waals surface area contributed by atoms with Crippen LogP contribution in [0.1, 0.15) is 16.8 Å². The van der Waals surface area contributed by atoms with Crippen molar-refractivity contribution >= 4 is 23.2 Å². The predicted octanol–water partition coefficient (Wildman–Crippen LogP) is 2.87. The molecule has 1 aromatic carbocycles. The first-order valence-corrected chi connectivity index (χ1v) is 5.82. The summed E-state index contributed by atoms with van der Waals surface area (Å²) in [6.45, 7) is -0.196. The van der Waals surface area contributed by atoms with Gasteiger partial charge in [-0.2, -0.15) is 0 Å². The standard InChI is InChI=1S/C12H10Cl2N2O/c13-11-9(7-17)10(15-12(14)16-11)6-8-4-2-1-3-5-8/h1-5,17H,6-7H2. The van der Waals surface area contributed by atoms with E-state index in [1.165, 1.54) is 0 Å². The molecule has 2 rings (SSSR count). The maximum absolute atomic E-state index is 9.26. The average Bonchev–Trinajstić information content (AvgIpc) is 2.30. The molecule has 0 bridgehead atoms. The predicted molar refractivity (Wildman–Crippen MR) is 67.2 cm³/mol. The molecule has 0 radical (unpaired) electrons. The van der Waals surface area contributed by atoms with Crippen LogP contribution in [0.2, 0.25) is 10.4 Å². The van der Waals surface area contributed by atoms with Crippen molar-refractivity contribution in [1.29, 1.82) is 0 Å². The molecule has 0 amide bonds. The first-order chi connectivity index (χ1) is 8.20. The van der Waals surface area contributed by atoms with Crippen molar-refractivity contribution in [1.82, 2.24) is 9.97 Å². The summed E-state index contributed by atoms with van der Waals surface area (Å²) >= 11 is 11.7. The van der Waals surface area contributed by atoms with Crippen LogP contribution >= 0.6 is 23.2 Å². The Morgan fingerprint density at radius 2 is 1.76 bits per heavy atom. The van der Waals surface area contributed by atoms with Crippen LogP contribution in [0.25, 0.3) is 0 Å². The monoisotopic (exact) mass is 268 g/mol. The Morgan fingerprint density at radius 1 is 1.06 bits per heavy atom. The summed E-state index contributed by atoms with van der Waals surface area (Å²) in [7, 11) is 0. The van der Waals surface area contributed by atoms with E-state index in [0.29, 0.717) is 17.7 Å². The van der Waals surface area contributed by atoms with Crippen molar-refractivity contribution in [2.75, 3.05) is 0 Å². The third-order valence-corrected chi connectivity index (χ3v) is 2.87. The molecule has 2 aromatic rings. The summed E-state index contributed by atoms with van der Waals surface area (Å²) in [5.41, 5.74) is 2.26. The van der Waals surface area contributed by atoms with Crippen LogP contribution in [0.15, 0.2) is 30.3 Å². The van der Waals surface area contributed by atoms with Crippen molar-refractivity contribution in [2.24, 2.45) is 0 Å². The number of aliphatic hydroxyl groups is 1. The van der Waals surface area contributed by atoms with Crippen LogP contribution in [0, 0.1) is 0 Å². The van der Waals surface area contributed by atoms with Gasteiger partial charge in [-0.3, -0.25) is 0 Å². The molecule has 0 aliphatic carbocycles. The number of aromatic nitrogens is 2. The summed E-state index contributed by atoms with van der Waals surface area (Å²) in [4.78, 5) is 7.92. The lowest BCUT2D eigenvalue weighted by molar-refractivity contribution is 0.279. The summed E-state index contributed by atoms with van der Waals surface area (Å²) < 4.78 is 0. The van der Waals surface area contributed by atoms with Gasteiger partial charge in [0, 0.05) is 12.0 Å². The van der Waals surface area contributed by atoms with E-state index in [1.54, 1.807) is 0 Å². The van der Waals surface area contributed by atoms with Crippen LogP contribution < -0.4 is 0 Å². The van der Waals surface area contributed by atoms with Crippen molar-refractivity contribution < 1.29 is 5.11 Å². The normalized spacial score (nSPS) is 10.5. The van der Waals surface area contributed by atoms with Crippen molar-refractivity contribution in [3.8, 4) is 0 Å². The highest BCUT2D eigenvalue weighted by Gasteiger charge is 2.11. The van der Waals surface area contributed by atoms with Gasteiger partial charge in [0.2, 0.25) is 5.28 Å². The zero-order chi connectivity index (χ0) is 12.3. The molecule has 3 nitrogen and oxygen atoms in total. The van der Waals surface area contributed by atoms with Gasteiger partial charge in [0.25, 0.3) is 0 Å². The van der Waals surface area contributed by atoms with E-state index < -0.39 is 0 Å². The smallest absolute Gasteiger partial charge is 0.224 e. The van der Waals surface area contributed by atoms with Crippen LogP contribution in [0.5, 0.6) is 0 Å². The molecule has 0 unspecified atom stereocenters. The average molecular weight is 269 g/mol. The number of aliphatic hydroxyl groups excluding tert-OH is 1. The molecule has 1 heterocycles. The van der Waals surface area contributed by atoms with Crippen LogP contribution in [0.3, 0.4) is 0 Å². The Hall–Kier alpha value is -1.16. The largest absolute Gasteiger partial charge is 0.391 e. The lowest BCUT2D eigenvalue weighted by Gasteiger charge is -2.08. The second-order valence-corrected chi connectivity index (χ2v) is 4.23. The number of nitrogens with zero attached hydrogens (tertiary/aromatic N) is 2. The topological polar surface area (TPSA) is 46.0 Å². The third kappa shape index (κ3) is 2.94. The second-order valence-electron chi connectivity index (χ2n) is 3.53. The first-order valence-electron chi connectivity index (χ1n) is 5.06. The lowest BCUT2D eigenvalue weighted by Crippen LogP contribution is -2.03. The number of hydrogen-bond donors (Lipinski definition) is 1. The number of halogens is 2. The minimum atomic E-state index is -0.196. The molecule has 88 valence electrons. The molecule has 17 heavy (non-hydrogen) atoms. The van der Waals surface area contributed by atoms with Crippen molar-refractivity contribution in [2.45, 2.75) is 13.0 Å². The molecule has 0 saturated carbocycles. The highest BCUT2D eigenvalue weighted by molar-refractivity contribution is 6.32. The molecule has 0 atom stereocenters. The van der Waals surface area contributed by atoms with Gasteiger partial charge < -0.3 is 5.11 Å². The second kappa shape index (κ2) is 5.45. The van der Waals surface area contributed by atoms with Crippen LogP contribution in [-0.2, 0) is 13.0 Å². The molecule has 0 aliphatic rings.